The standard InChI is InChI=1S/C10H9NO2S/c1-3-8-7-9(11(12)13)5-6-10(8)14-4-2/h1,5-7H,4H2,2H3. The summed E-state index contributed by atoms with van der Waals surface area (Å²) in [6, 6.07) is 4.60. The highest BCUT2D eigenvalue weighted by Crippen LogP contribution is 2.25. The Morgan fingerprint density at radius 3 is 2.86 bits per heavy atom. The molecule has 0 bridgehead atoms. The van der Waals surface area contributed by atoms with Crippen molar-refractivity contribution in [1.29, 1.82) is 0 Å². The smallest absolute Gasteiger partial charge is 0.258 e. The summed E-state index contributed by atoms with van der Waals surface area (Å²) in [5, 5.41) is 10.5. The minimum Gasteiger partial charge on any atom is -0.258 e. The Morgan fingerprint density at radius 1 is 1.64 bits per heavy atom. The van der Waals surface area contributed by atoms with E-state index in [1.165, 1.54) is 12.1 Å². The minimum atomic E-state index is -0.443. The first-order valence-electron chi connectivity index (χ1n) is 4.07. The maximum Gasteiger partial charge on any atom is 0.270 e. The molecule has 0 heterocycles. The third kappa shape index (κ3) is 2.27. The largest absolute Gasteiger partial charge is 0.270 e. The highest BCUT2D eigenvalue weighted by atomic mass is 32.2. The molecule has 0 radical (unpaired) electrons. The van der Waals surface area contributed by atoms with Crippen molar-refractivity contribution in [1.82, 2.24) is 0 Å². The molecule has 0 saturated heterocycles. The molecule has 0 aromatic heterocycles. The fourth-order valence-corrected chi connectivity index (χ4v) is 1.77. The van der Waals surface area contributed by atoms with Gasteiger partial charge in [-0.3, -0.25) is 10.1 Å². The van der Waals surface area contributed by atoms with E-state index >= 15 is 0 Å². The average molecular weight is 207 g/mol. The summed E-state index contributed by atoms with van der Waals surface area (Å²) in [7, 11) is 0. The van der Waals surface area contributed by atoms with Crippen LogP contribution in [-0.2, 0) is 0 Å². The topological polar surface area (TPSA) is 43.1 Å². The molecule has 0 N–H and O–H groups in total. The van der Waals surface area contributed by atoms with E-state index in [-0.39, 0.29) is 5.69 Å². The van der Waals surface area contributed by atoms with Crippen LogP contribution >= 0.6 is 11.8 Å². The van der Waals surface area contributed by atoms with E-state index in [4.69, 9.17) is 6.42 Å². The molecule has 0 aliphatic carbocycles. The van der Waals surface area contributed by atoms with Crippen LogP contribution in [0, 0.1) is 22.5 Å². The van der Waals surface area contributed by atoms with Gasteiger partial charge in [0.05, 0.1) is 4.92 Å². The number of hydrogen-bond acceptors (Lipinski definition) is 3. The fourth-order valence-electron chi connectivity index (χ4n) is 1.03. The maximum atomic E-state index is 10.5. The van der Waals surface area contributed by atoms with Gasteiger partial charge in [0.2, 0.25) is 0 Å². The van der Waals surface area contributed by atoms with E-state index < -0.39 is 4.92 Å². The molecular weight excluding hydrogens is 198 g/mol. The number of rotatable bonds is 3. The van der Waals surface area contributed by atoms with E-state index in [1.807, 2.05) is 6.92 Å². The van der Waals surface area contributed by atoms with Crippen molar-refractivity contribution in [3.05, 3.63) is 33.9 Å². The lowest BCUT2D eigenvalue weighted by Gasteiger charge is -2.01. The number of hydrogen-bond donors (Lipinski definition) is 0. The molecule has 4 heteroatoms. The predicted octanol–water partition coefficient (Wildman–Crippen LogP) is 2.69. The first kappa shape index (κ1) is 10.6. The molecule has 14 heavy (non-hydrogen) atoms. The number of terminal acetylenes is 1. The molecule has 1 aromatic rings. The average Bonchev–Trinajstić information content (AvgIpc) is 2.18. The van der Waals surface area contributed by atoms with Crippen molar-refractivity contribution in [3.63, 3.8) is 0 Å². The van der Waals surface area contributed by atoms with Crippen LogP contribution in [0.25, 0.3) is 0 Å². The summed E-state index contributed by atoms with van der Waals surface area (Å²) in [6.45, 7) is 2.01. The van der Waals surface area contributed by atoms with E-state index in [9.17, 15) is 10.1 Å². The Labute approximate surface area is 86.7 Å². The highest BCUT2D eigenvalue weighted by Gasteiger charge is 2.08. The van der Waals surface area contributed by atoms with E-state index in [0.29, 0.717) is 5.56 Å². The summed E-state index contributed by atoms with van der Waals surface area (Å²) >= 11 is 1.58. The van der Waals surface area contributed by atoms with Gasteiger partial charge in [-0.05, 0) is 11.8 Å². The molecule has 0 spiro atoms. The van der Waals surface area contributed by atoms with Gasteiger partial charge in [0.25, 0.3) is 5.69 Å². The maximum absolute atomic E-state index is 10.5. The first-order valence-corrected chi connectivity index (χ1v) is 5.05. The van der Waals surface area contributed by atoms with Gasteiger partial charge >= 0.3 is 0 Å². The molecule has 0 amide bonds. The van der Waals surface area contributed by atoms with Crippen molar-refractivity contribution in [2.75, 3.05) is 5.75 Å². The van der Waals surface area contributed by atoms with E-state index in [0.717, 1.165) is 10.6 Å². The lowest BCUT2D eigenvalue weighted by atomic mass is 10.2. The van der Waals surface area contributed by atoms with Crippen LogP contribution in [0.1, 0.15) is 12.5 Å². The van der Waals surface area contributed by atoms with Crippen LogP contribution in [0.5, 0.6) is 0 Å². The second-order valence-corrected chi connectivity index (χ2v) is 3.82. The van der Waals surface area contributed by atoms with Crippen LogP contribution in [0.2, 0.25) is 0 Å². The molecule has 0 unspecified atom stereocenters. The Hall–Kier alpha value is -1.47. The third-order valence-electron chi connectivity index (χ3n) is 1.63. The van der Waals surface area contributed by atoms with Gasteiger partial charge in [-0.15, -0.1) is 18.2 Å². The Kier molecular flexibility index (Phi) is 3.55. The van der Waals surface area contributed by atoms with Crippen LogP contribution in [0.4, 0.5) is 5.69 Å². The van der Waals surface area contributed by atoms with Crippen molar-refractivity contribution < 1.29 is 4.92 Å². The fraction of sp³-hybridized carbons (Fsp3) is 0.200. The highest BCUT2D eigenvalue weighted by molar-refractivity contribution is 7.99. The zero-order valence-electron chi connectivity index (χ0n) is 7.69. The summed E-state index contributed by atoms with van der Waals surface area (Å²) in [5.41, 5.74) is 0.629. The molecule has 0 saturated carbocycles. The Bertz CT molecular complexity index is 396. The van der Waals surface area contributed by atoms with E-state index in [2.05, 4.69) is 5.92 Å². The molecular formula is C10H9NO2S. The number of non-ortho nitro benzene ring substituents is 1. The van der Waals surface area contributed by atoms with Crippen molar-refractivity contribution in [3.8, 4) is 12.3 Å². The van der Waals surface area contributed by atoms with Gasteiger partial charge in [0, 0.05) is 22.6 Å². The minimum absolute atomic E-state index is 0.0402. The quantitative estimate of drug-likeness (QED) is 0.331. The Balaban J connectivity index is 3.13. The van der Waals surface area contributed by atoms with Gasteiger partial charge in [-0.2, -0.15) is 0 Å². The molecule has 0 fully saturated rings. The van der Waals surface area contributed by atoms with Crippen LogP contribution in [0.15, 0.2) is 23.1 Å². The van der Waals surface area contributed by atoms with Crippen molar-refractivity contribution in [2.24, 2.45) is 0 Å². The Morgan fingerprint density at radius 2 is 2.36 bits per heavy atom. The summed E-state index contributed by atoms with van der Waals surface area (Å²) in [5.74, 6) is 3.35. The van der Waals surface area contributed by atoms with Gasteiger partial charge < -0.3 is 0 Å². The van der Waals surface area contributed by atoms with E-state index in [1.54, 1.807) is 17.8 Å². The molecule has 72 valence electrons. The molecule has 0 atom stereocenters. The van der Waals surface area contributed by atoms with Gasteiger partial charge in [-0.25, -0.2) is 0 Å². The molecule has 1 aromatic carbocycles. The predicted molar refractivity (Wildman–Crippen MR) is 57.4 cm³/mol. The molecule has 3 nitrogen and oxygen atoms in total. The van der Waals surface area contributed by atoms with Crippen molar-refractivity contribution in [2.45, 2.75) is 11.8 Å². The summed E-state index contributed by atoms with van der Waals surface area (Å²) in [6.07, 6.45) is 5.26. The second kappa shape index (κ2) is 4.68. The van der Waals surface area contributed by atoms with Crippen molar-refractivity contribution >= 4 is 17.4 Å². The van der Waals surface area contributed by atoms with Gasteiger partial charge in [-0.1, -0.05) is 12.8 Å². The van der Waals surface area contributed by atoms with Crippen LogP contribution in [0.3, 0.4) is 0 Å². The third-order valence-corrected chi connectivity index (χ3v) is 2.58. The van der Waals surface area contributed by atoms with Gasteiger partial charge in [0.1, 0.15) is 0 Å². The molecule has 1 rings (SSSR count). The molecule has 0 aliphatic rings. The first-order chi connectivity index (χ1) is 6.69. The zero-order valence-corrected chi connectivity index (χ0v) is 8.50. The zero-order chi connectivity index (χ0) is 10.6. The summed E-state index contributed by atoms with van der Waals surface area (Å²) in [4.78, 5) is 10.9. The summed E-state index contributed by atoms with van der Waals surface area (Å²) < 4.78 is 0. The number of nitro groups is 1. The number of nitrogens with zero attached hydrogens (tertiary/aromatic N) is 1. The SMILES string of the molecule is C#Cc1cc([N+](=O)[O-])ccc1SCC. The normalized spacial score (nSPS) is 9.43. The lowest BCUT2D eigenvalue weighted by Crippen LogP contribution is -1.90. The van der Waals surface area contributed by atoms with Crippen LogP contribution < -0.4 is 0 Å². The number of nitro benzene ring substituents is 1. The van der Waals surface area contributed by atoms with Crippen LogP contribution in [-0.4, -0.2) is 10.7 Å². The monoisotopic (exact) mass is 207 g/mol. The number of thioether (sulfide) groups is 1. The second-order valence-electron chi connectivity index (χ2n) is 2.51. The molecule has 0 aliphatic heterocycles. The lowest BCUT2D eigenvalue weighted by molar-refractivity contribution is -0.384. The number of benzene rings is 1. The van der Waals surface area contributed by atoms with Gasteiger partial charge in [0.15, 0.2) is 0 Å².